The van der Waals surface area contributed by atoms with Crippen LogP contribution in [0.5, 0.6) is 0 Å². The Hall–Kier alpha value is -2.56. The number of hydrogen-bond acceptors (Lipinski definition) is 4. The second-order valence-electron chi connectivity index (χ2n) is 6.41. The van der Waals surface area contributed by atoms with Gasteiger partial charge in [0.15, 0.2) is 0 Å². The van der Waals surface area contributed by atoms with Crippen LogP contribution >= 0.6 is 0 Å². The van der Waals surface area contributed by atoms with Crippen molar-refractivity contribution in [3.8, 4) is 0 Å². The third kappa shape index (κ3) is 3.92. The molecule has 132 valence electrons. The summed E-state index contributed by atoms with van der Waals surface area (Å²) in [5.74, 6) is 0.452. The molecule has 0 radical (unpaired) electrons. The molecule has 5 nitrogen and oxygen atoms in total. The van der Waals surface area contributed by atoms with Crippen molar-refractivity contribution in [2.75, 3.05) is 13.1 Å². The summed E-state index contributed by atoms with van der Waals surface area (Å²) in [6.07, 6.45) is 2.18. The van der Waals surface area contributed by atoms with Crippen molar-refractivity contribution < 1.29 is 18.7 Å². The van der Waals surface area contributed by atoms with E-state index in [0.29, 0.717) is 35.7 Å². The quantitative estimate of drug-likeness (QED) is 0.794. The maximum atomic E-state index is 13.0. The van der Waals surface area contributed by atoms with Crippen LogP contribution in [-0.2, 0) is 9.53 Å². The van der Waals surface area contributed by atoms with Gasteiger partial charge in [-0.2, -0.15) is 0 Å². The Kier molecular flexibility index (Phi) is 5.22. The molecular weight excluding hydrogens is 318 g/mol. The number of nitrogens with zero attached hydrogens (tertiary/aromatic N) is 1. The highest BCUT2D eigenvalue weighted by Gasteiger charge is 2.31. The Morgan fingerprint density at radius 2 is 1.76 bits per heavy atom. The molecule has 1 amide bonds. The van der Waals surface area contributed by atoms with Gasteiger partial charge >= 0.3 is 5.97 Å². The summed E-state index contributed by atoms with van der Waals surface area (Å²) in [6, 6.07) is 10.8. The third-order valence-electron chi connectivity index (χ3n) is 4.48. The normalized spacial score (nSPS) is 15.7. The molecule has 5 heteroatoms. The lowest BCUT2D eigenvalue weighted by Gasteiger charge is -2.30. The van der Waals surface area contributed by atoms with Gasteiger partial charge in [-0.1, -0.05) is 30.3 Å². The fraction of sp³-hybridized carbons (Fsp3) is 0.400. The molecule has 0 saturated carbocycles. The molecule has 1 saturated heterocycles. The Balaban J connectivity index is 1.85. The van der Waals surface area contributed by atoms with Crippen LogP contribution in [0.2, 0.25) is 0 Å². The predicted molar refractivity (Wildman–Crippen MR) is 93.2 cm³/mol. The van der Waals surface area contributed by atoms with Crippen LogP contribution < -0.4 is 0 Å². The lowest BCUT2D eigenvalue weighted by molar-refractivity contribution is -0.142. The van der Waals surface area contributed by atoms with E-state index in [1.807, 2.05) is 30.3 Å². The number of furan rings is 1. The van der Waals surface area contributed by atoms with Gasteiger partial charge < -0.3 is 14.1 Å². The van der Waals surface area contributed by atoms with E-state index in [1.165, 1.54) is 0 Å². The highest BCUT2D eigenvalue weighted by molar-refractivity contribution is 5.93. The van der Waals surface area contributed by atoms with Crippen LogP contribution in [-0.4, -0.2) is 29.9 Å². The van der Waals surface area contributed by atoms with Gasteiger partial charge in [-0.15, -0.1) is 0 Å². The first-order valence-corrected chi connectivity index (χ1v) is 8.68. The molecule has 3 rings (SSSR count). The highest BCUT2D eigenvalue weighted by atomic mass is 16.5. The van der Waals surface area contributed by atoms with E-state index in [9.17, 15) is 9.59 Å². The summed E-state index contributed by atoms with van der Waals surface area (Å²) in [4.78, 5) is 27.4. The number of likely N-dealkylation sites (tertiary alicyclic amines) is 1. The van der Waals surface area contributed by atoms with E-state index in [0.717, 1.165) is 19.3 Å². The number of aryl methyl sites for hydroxylation is 2. The smallest absolute Gasteiger partial charge is 0.342 e. The van der Waals surface area contributed by atoms with Crippen molar-refractivity contribution in [1.82, 2.24) is 4.90 Å². The zero-order valence-corrected chi connectivity index (χ0v) is 14.7. The molecule has 1 aliphatic heterocycles. The second-order valence-corrected chi connectivity index (χ2v) is 6.41. The average Bonchev–Trinajstić information content (AvgIpc) is 2.99. The molecule has 1 aromatic carbocycles. The summed E-state index contributed by atoms with van der Waals surface area (Å²) in [7, 11) is 0. The summed E-state index contributed by atoms with van der Waals surface area (Å²) in [5.41, 5.74) is 1.05. The number of benzene rings is 1. The Labute approximate surface area is 147 Å². The number of carbonyl (C=O) groups excluding carboxylic acids is 2. The second kappa shape index (κ2) is 7.55. The topological polar surface area (TPSA) is 59.8 Å². The molecule has 1 atom stereocenters. The Morgan fingerprint density at radius 3 is 2.36 bits per heavy atom. The summed E-state index contributed by atoms with van der Waals surface area (Å²) in [5, 5.41) is 0. The van der Waals surface area contributed by atoms with Crippen molar-refractivity contribution in [3.63, 3.8) is 0 Å². The first kappa shape index (κ1) is 17.3. The van der Waals surface area contributed by atoms with E-state index in [-0.39, 0.29) is 5.91 Å². The summed E-state index contributed by atoms with van der Waals surface area (Å²) >= 11 is 0. The van der Waals surface area contributed by atoms with Crippen LogP contribution in [0, 0.1) is 13.8 Å². The molecule has 1 aromatic heterocycles. The Morgan fingerprint density at radius 1 is 1.08 bits per heavy atom. The number of hydrogen-bond donors (Lipinski definition) is 0. The molecule has 0 aliphatic carbocycles. The molecule has 0 bridgehead atoms. The largest absolute Gasteiger partial charge is 0.466 e. The van der Waals surface area contributed by atoms with Crippen LogP contribution in [0.3, 0.4) is 0 Å². The number of piperidine rings is 1. The summed E-state index contributed by atoms with van der Waals surface area (Å²) in [6.45, 7) is 4.91. The van der Waals surface area contributed by atoms with Gasteiger partial charge in [0, 0.05) is 18.7 Å². The van der Waals surface area contributed by atoms with Crippen molar-refractivity contribution in [3.05, 3.63) is 59.0 Å². The van der Waals surface area contributed by atoms with E-state index < -0.39 is 12.1 Å². The van der Waals surface area contributed by atoms with Gasteiger partial charge in [0.05, 0.1) is 0 Å². The van der Waals surface area contributed by atoms with Gasteiger partial charge in [-0.05, 0) is 39.2 Å². The van der Waals surface area contributed by atoms with Gasteiger partial charge in [0.1, 0.15) is 17.1 Å². The predicted octanol–water partition coefficient (Wildman–Crippen LogP) is 3.81. The number of esters is 1. The lowest BCUT2D eigenvalue weighted by Crippen LogP contribution is -2.40. The SMILES string of the molecule is Cc1cc(C(=O)O[C@@H](C(=O)N2CCCCC2)c2ccccc2)c(C)o1. The van der Waals surface area contributed by atoms with Gasteiger partial charge in [0.2, 0.25) is 6.10 Å². The first-order chi connectivity index (χ1) is 12.1. The molecule has 2 heterocycles. The first-order valence-electron chi connectivity index (χ1n) is 8.68. The summed E-state index contributed by atoms with van der Waals surface area (Å²) < 4.78 is 11.0. The maximum Gasteiger partial charge on any atom is 0.342 e. The molecule has 25 heavy (non-hydrogen) atoms. The highest BCUT2D eigenvalue weighted by Crippen LogP contribution is 2.25. The van der Waals surface area contributed by atoms with E-state index in [1.54, 1.807) is 24.8 Å². The minimum Gasteiger partial charge on any atom is -0.466 e. The minimum atomic E-state index is -0.929. The van der Waals surface area contributed by atoms with Crippen molar-refractivity contribution in [1.29, 1.82) is 0 Å². The van der Waals surface area contributed by atoms with Crippen molar-refractivity contribution >= 4 is 11.9 Å². The number of amides is 1. The minimum absolute atomic E-state index is 0.155. The maximum absolute atomic E-state index is 13.0. The van der Waals surface area contributed by atoms with Gasteiger partial charge in [-0.25, -0.2) is 4.79 Å². The fourth-order valence-electron chi connectivity index (χ4n) is 3.17. The van der Waals surface area contributed by atoms with Crippen LogP contribution in [0.25, 0.3) is 0 Å². The van der Waals surface area contributed by atoms with Crippen LogP contribution in [0.1, 0.15) is 52.8 Å². The van der Waals surface area contributed by atoms with Gasteiger partial charge in [-0.3, -0.25) is 4.79 Å². The molecule has 0 unspecified atom stereocenters. The Bertz CT molecular complexity index is 744. The molecule has 2 aromatic rings. The average molecular weight is 341 g/mol. The van der Waals surface area contributed by atoms with Crippen LogP contribution in [0.15, 0.2) is 40.8 Å². The van der Waals surface area contributed by atoms with E-state index >= 15 is 0 Å². The third-order valence-corrected chi connectivity index (χ3v) is 4.48. The van der Waals surface area contributed by atoms with E-state index in [2.05, 4.69) is 0 Å². The lowest BCUT2D eigenvalue weighted by atomic mass is 10.1. The molecule has 1 aliphatic rings. The molecule has 1 fully saturated rings. The van der Waals surface area contributed by atoms with Crippen molar-refractivity contribution in [2.24, 2.45) is 0 Å². The van der Waals surface area contributed by atoms with Crippen molar-refractivity contribution in [2.45, 2.75) is 39.2 Å². The monoisotopic (exact) mass is 341 g/mol. The standard InChI is InChI=1S/C20H23NO4/c1-14-13-17(15(2)24-14)20(23)25-18(16-9-5-3-6-10-16)19(22)21-11-7-4-8-12-21/h3,5-6,9-10,13,18H,4,7-8,11-12H2,1-2H3/t18-/m1/s1. The number of carbonyl (C=O) groups is 2. The zero-order chi connectivity index (χ0) is 17.8. The fourth-order valence-corrected chi connectivity index (χ4v) is 3.17. The number of rotatable bonds is 4. The van der Waals surface area contributed by atoms with Gasteiger partial charge in [0.25, 0.3) is 5.91 Å². The molecule has 0 spiro atoms. The zero-order valence-electron chi connectivity index (χ0n) is 14.7. The molecule has 0 N–H and O–H groups in total. The molecular formula is C20H23NO4. The number of ether oxygens (including phenoxy) is 1. The van der Waals surface area contributed by atoms with Crippen LogP contribution in [0.4, 0.5) is 0 Å². The van der Waals surface area contributed by atoms with E-state index in [4.69, 9.17) is 9.15 Å².